The predicted octanol–water partition coefficient (Wildman–Crippen LogP) is 3.05. The molecule has 0 atom stereocenters. The molecule has 32 heavy (non-hydrogen) atoms. The van der Waals surface area contributed by atoms with Gasteiger partial charge in [-0.25, -0.2) is 16.8 Å². The Morgan fingerprint density at radius 2 is 1.56 bits per heavy atom. The summed E-state index contributed by atoms with van der Waals surface area (Å²) < 4.78 is 62.7. The third-order valence-electron chi connectivity index (χ3n) is 4.49. The minimum absolute atomic E-state index is 0.0659. The Bertz CT molecular complexity index is 1130. The van der Waals surface area contributed by atoms with Crippen molar-refractivity contribution in [2.75, 3.05) is 35.8 Å². The van der Waals surface area contributed by atoms with Crippen LogP contribution in [0, 0.1) is 0 Å². The molecule has 0 heterocycles. The average molecular weight is 485 g/mol. The van der Waals surface area contributed by atoms with Gasteiger partial charge in [0.2, 0.25) is 5.91 Å². The third-order valence-corrected chi connectivity index (χ3v) is 7.50. The molecule has 2 aromatic carbocycles. The van der Waals surface area contributed by atoms with E-state index < -0.39 is 31.5 Å². The molecule has 11 heteroatoms. The number of sulfonamides is 1. The maximum atomic E-state index is 12.9. The molecule has 9 nitrogen and oxygen atoms in total. The zero-order valence-corrected chi connectivity index (χ0v) is 19.9. The second-order valence-electron chi connectivity index (χ2n) is 7.05. The van der Waals surface area contributed by atoms with Gasteiger partial charge in [0.15, 0.2) is 9.84 Å². The van der Waals surface area contributed by atoms with E-state index in [4.69, 9.17) is 9.47 Å². The highest BCUT2D eigenvalue weighted by molar-refractivity contribution is 7.93. The number of nitrogens with one attached hydrogen (secondary N) is 2. The van der Waals surface area contributed by atoms with Gasteiger partial charge in [0.25, 0.3) is 10.0 Å². The first-order chi connectivity index (χ1) is 15.1. The van der Waals surface area contributed by atoms with Crippen LogP contribution in [0.2, 0.25) is 0 Å². The Kier molecular flexibility index (Phi) is 8.90. The predicted molar refractivity (Wildman–Crippen MR) is 124 cm³/mol. The Morgan fingerprint density at radius 1 is 0.906 bits per heavy atom. The molecule has 0 saturated heterocycles. The Labute approximate surface area is 189 Å². The summed E-state index contributed by atoms with van der Waals surface area (Å²) in [5.74, 6) is -0.841. The number of carbonyl (C=O) groups is 1. The molecule has 0 saturated carbocycles. The van der Waals surface area contributed by atoms with E-state index in [-0.39, 0.29) is 22.1 Å². The van der Waals surface area contributed by atoms with E-state index in [0.717, 1.165) is 12.8 Å². The van der Waals surface area contributed by atoms with Gasteiger partial charge in [-0.15, -0.1) is 0 Å². The fraction of sp³-hybridized carbons (Fsp3) is 0.381. The first-order valence-corrected chi connectivity index (χ1v) is 13.3. The minimum atomic E-state index is -4.07. The first kappa shape index (κ1) is 25.5. The second-order valence-corrected chi connectivity index (χ2v) is 10.9. The molecule has 176 valence electrons. The number of sulfone groups is 1. The monoisotopic (exact) mass is 484 g/mol. The number of amides is 1. The van der Waals surface area contributed by atoms with Crippen LogP contribution in [0.4, 0.5) is 11.4 Å². The third kappa shape index (κ3) is 7.41. The molecule has 1 amide bonds. The first-order valence-electron chi connectivity index (χ1n) is 9.95. The normalized spacial score (nSPS) is 11.6. The van der Waals surface area contributed by atoms with Crippen LogP contribution in [-0.4, -0.2) is 48.5 Å². The van der Waals surface area contributed by atoms with Crippen molar-refractivity contribution in [3.63, 3.8) is 0 Å². The lowest BCUT2D eigenvalue weighted by Gasteiger charge is -2.14. The van der Waals surface area contributed by atoms with E-state index in [1.807, 2.05) is 6.92 Å². The highest BCUT2D eigenvalue weighted by Gasteiger charge is 2.22. The molecule has 0 aromatic heterocycles. The molecule has 0 bridgehead atoms. The number of ether oxygens (including phenoxy) is 2. The highest BCUT2D eigenvalue weighted by Crippen LogP contribution is 2.29. The van der Waals surface area contributed by atoms with E-state index in [1.165, 1.54) is 44.6 Å². The van der Waals surface area contributed by atoms with Gasteiger partial charge in [0, 0.05) is 11.4 Å². The fourth-order valence-electron chi connectivity index (χ4n) is 2.87. The van der Waals surface area contributed by atoms with Crippen molar-refractivity contribution in [3.05, 3.63) is 42.5 Å². The van der Waals surface area contributed by atoms with Crippen molar-refractivity contribution < 1.29 is 31.1 Å². The number of rotatable bonds is 12. The number of carbonyl (C=O) groups excluding carboxylic acids is 1. The van der Waals surface area contributed by atoms with Crippen LogP contribution >= 0.6 is 0 Å². The molecule has 0 aliphatic heterocycles. The van der Waals surface area contributed by atoms with Crippen molar-refractivity contribution in [1.82, 2.24) is 0 Å². The summed E-state index contributed by atoms with van der Waals surface area (Å²) in [6, 6.07) is 10.3. The Hall–Kier alpha value is -2.79. The summed E-state index contributed by atoms with van der Waals surface area (Å²) in [6.07, 6.45) is 2.13. The van der Waals surface area contributed by atoms with Crippen molar-refractivity contribution in [2.24, 2.45) is 0 Å². The maximum absolute atomic E-state index is 12.9. The number of unbranched alkanes of at least 4 members (excludes halogenated alkanes) is 2. The summed E-state index contributed by atoms with van der Waals surface area (Å²) >= 11 is 0. The zero-order valence-electron chi connectivity index (χ0n) is 18.3. The Balaban J connectivity index is 2.19. The molecule has 0 unspecified atom stereocenters. The van der Waals surface area contributed by atoms with Gasteiger partial charge in [0.1, 0.15) is 22.1 Å². The summed E-state index contributed by atoms with van der Waals surface area (Å²) in [7, 11) is -4.80. The van der Waals surface area contributed by atoms with E-state index in [9.17, 15) is 21.6 Å². The van der Waals surface area contributed by atoms with E-state index >= 15 is 0 Å². The SMILES string of the molecule is CCCCCS(=O)(=O)CC(=O)Nc1ccc(OC)c(S(=O)(=O)Nc2ccc(OC)cc2)c1. The van der Waals surface area contributed by atoms with Gasteiger partial charge in [-0.3, -0.25) is 9.52 Å². The minimum Gasteiger partial charge on any atom is -0.497 e. The van der Waals surface area contributed by atoms with Crippen LogP contribution < -0.4 is 19.5 Å². The number of methoxy groups -OCH3 is 2. The summed E-state index contributed by atoms with van der Waals surface area (Å²) in [4.78, 5) is 12.0. The standard InChI is InChI=1S/C21H28N2O7S2/c1-4-5-6-13-31(25,26)15-21(24)22-17-9-12-19(30-3)20(14-17)32(27,28)23-16-7-10-18(29-2)11-8-16/h7-12,14,23H,4-6,13,15H2,1-3H3,(H,22,24). The number of benzene rings is 2. The molecular formula is C21H28N2O7S2. The molecular weight excluding hydrogens is 456 g/mol. The van der Waals surface area contributed by atoms with E-state index in [1.54, 1.807) is 12.1 Å². The van der Waals surface area contributed by atoms with Gasteiger partial charge in [0.05, 0.1) is 20.0 Å². The molecule has 2 N–H and O–H groups in total. The van der Waals surface area contributed by atoms with Gasteiger partial charge < -0.3 is 14.8 Å². The zero-order chi connectivity index (χ0) is 23.8. The van der Waals surface area contributed by atoms with Crippen LogP contribution in [0.1, 0.15) is 26.2 Å². The van der Waals surface area contributed by atoms with Crippen molar-refractivity contribution in [3.8, 4) is 11.5 Å². The van der Waals surface area contributed by atoms with Crippen molar-refractivity contribution in [2.45, 2.75) is 31.1 Å². The van der Waals surface area contributed by atoms with Crippen LogP contribution in [0.25, 0.3) is 0 Å². The number of anilines is 2. The molecule has 2 aromatic rings. The van der Waals surface area contributed by atoms with Crippen molar-refractivity contribution in [1.29, 1.82) is 0 Å². The molecule has 0 fully saturated rings. The molecule has 0 spiro atoms. The highest BCUT2D eigenvalue weighted by atomic mass is 32.2. The second kappa shape index (κ2) is 11.2. The van der Waals surface area contributed by atoms with E-state index in [0.29, 0.717) is 17.9 Å². The summed E-state index contributed by atoms with van der Waals surface area (Å²) in [5, 5.41) is 2.45. The maximum Gasteiger partial charge on any atom is 0.265 e. The van der Waals surface area contributed by atoms with Crippen LogP contribution in [0.15, 0.2) is 47.4 Å². The summed E-state index contributed by atoms with van der Waals surface area (Å²) in [6.45, 7) is 1.96. The van der Waals surface area contributed by atoms with E-state index in [2.05, 4.69) is 10.0 Å². The quantitative estimate of drug-likeness (QED) is 0.443. The molecule has 2 rings (SSSR count). The van der Waals surface area contributed by atoms with Crippen LogP contribution in [0.5, 0.6) is 11.5 Å². The van der Waals surface area contributed by atoms with Gasteiger partial charge >= 0.3 is 0 Å². The lowest BCUT2D eigenvalue weighted by molar-refractivity contribution is -0.113. The topological polar surface area (TPSA) is 128 Å². The van der Waals surface area contributed by atoms with Gasteiger partial charge in [-0.2, -0.15) is 0 Å². The van der Waals surface area contributed by atoms with Gasteiger partial charge in [-0.1, -0.05) is 19.8 Å². The molecule has 0 radical (unpaired) electrons. The average Bonchev–Trinajstić information content (AvgIpc) is 2.73. The van der Waals surface area contributed by atoms with Gasteiger partial charge in [-0.05, 0) is 48.9 Å². The lowest BCUT2D eigenvalue weighted by atomic mass is 10.3. The van der Waals surface area contributed by atoms with Crippen LogP contribution in [-0.2, 0) is 24.7 Å². The molecule has 0 aliphatic rings. The lowest BCUT2D eigenvalue weighted by Crippen LogP contribution is -2.25. The Morgan fingerprint density at radius 3 is 2.16 bits per heavy atom. The number of hydrogen-bond donors (Lipinski definition) is 2. The summed E-state index contributed by atoms with van der Waals surface area (Å²) in [5.41, 5.74) is 0.440. The number of hydrogen-bond acceptors (Lipinski definition) is 7. The van der Waals surface area contributed by atoms with Crippen LogP contribution in [0.3, 0.4) is 0 Å². The smallest absolute Gasteiger partial charge is 0.265 e. The molecule has 0 aliphatic carbocycles. The van der Waals surface area contributed by atoms with Crippen molar-refractivity contribution >= 4 is 37.1 Å². The fourth-order valence-corrected chi connectivity index (χ4v) is 5.39. The largest absolute Gasteiger partial charge is 0.497 e.